The summed E-state index contributed by atoms with van der Waals surface area (Å²) in [6.45, 7) is 1.83. The summed E-state index contributed by atoms with van der Waals surface area (Å²) in [5.74, 6) is -0.0759. The molecule has 0 spiro atoms. The molecule has 3 heteroatoms. The van der Waals surface area contributed by atoms with E-state index in [2.05, 4.69) is 21.2 Å². The van der Waals surface area contributed by atoms with Gasteiger partial charge in [-0.25, -0.2) is 4.39 Å². The van der Waals surface area contributed by atoms with Crippen LogP contribution in [0.2, 0.25) is 0 Å². The van der Waals surface area contributed by atoms with Gasteiger partial charge < -0.3 is 5.32 Å². The molecule has 1 nitrogen and oxygen atoms in total. The van der Waals surface area contributed by atoms with Crippen LogP contribution in [0.1, 0.15) is 11.1 Å². The Balaban J connectivity index is 2.47. The Hall–Kier alpha value is -0.410. The highest BCUT2D eigenvalue weighted by Gasteiger charge is 2.12. The molecule has 70 valence electrons. The SMILES string of the molecule is Fc1cc(Br)cc2c1CCNCC2. The maximum atomic E-state index is 13.5. The van der Waals surface area contributed by atoms with Crippen molar-refractivity contribution < 1.29 is 4.39 Å². The van der Waals surface area contributed by atoms with E-state index in [9.17, 15) is 4.39 Å². The van der Waals surface area contributed by atoms with Gasteiger partial charge in [0.25, 0.3) is 0 Å². The summed E-state index contributed by atoms with van der Waals surface area (Å²) in [5, 5.41) is 3.26. The molecule has 0 saturated carbocycles. The highest BCUT2D eigenvalue weighted by molar-refractivity contribution is 9.10. The Kier molecular flexibility index (Phi) is 2.65. The largest absolute Gasteiger partial charge is 0.316 e. The van der Waals surface area contributed by atoms with Gasteiger partial charge in [-0.2, -0.15) is 0 Å². The van der Waals surface area contributed by atoms with Gasteiger partial charge in [0.1, 0.15) is 5.82 Å². The summed E-state index contributed by atoms with van der Waals surface area (Å²) >= 11 is 3.31. The molecule has 2 rings (SSSR count). The maximum Gasteiger partial charge on any atom is 0.127 e. The zero-order valence-corrected chi connectivity index (χ0v) is 8.83. The maximum absolute atomic E-state index is 13.5. The van der Waals surface area contributed by atoms with E-state index >= 15 is 0 Å². The molecule has 1 aromatic rings. The normalized spacial score (nSPS) is 16.5. The second kappa shape index (κ2) is 3.76. The molecule has 0 unspecified atom stereocenters. The second-order valence-electron chi connectivity index (χ2n) is 3.28. The van der Waals surface area contributed by atoms with Crippen molar-refractivity contribution >= 4 is 15.9 Å². The molecule has 0 aromatic heterocycles. The van der Waals surface area contributed by atoms with Crippen LogP contribution in [0.5, 0.6) is 0 Å². The summed E-state index contributed by atoms with van der Waals surface area (Å²) in [5.41, 5.74) is 2.02. The Labute approximate surface area is 85.5 Å². The molecule has 0 atom stereocenters. The van der Waals surface area contributed by atoms with Crippen LogP contribution in [-0.4, -0.2) is 13.1 Å². The fraction of sp³-hybridized carbons (Fsp3) is 0.400. The minimum Gasteiger partial charge on any atom is -0.316 e. The Morgan fingerprint density at radius 2 is 2.00 bits per heavy atom. The molecule has 0 aliphatic carbocycles. The van der Waals surface area contributed by atoms with Gasteiger partial charge in [-0.3, -0.25) is 0 Å². The zero-order chi connectivity index (χ0) is 9.26. The van der Waals surface area contributed by atoms with E-state index in [4.69, 9.17) is 0 Å². The van der Waals surface area contributed by atoms with Crippen LogP contribution >= 0.6 is 15.9 Å². The van der Waals surface area contributed by atoms with E-state index in [1.165, 1.54) is 0 Å². The van der Waals surface area contributed by atoms with Gasteiger partial charge >= 0.3 is 0 Å². The number of nitrogens with one attached hydrogen (secondary N) is 1. The molecule has 0 fully saturated rings. The number of fused-ring (bicyclic) bond motifs is 1. The number of rotatable bonds is 0. The van der Waals surface area contributed by atoms with E-state index < -0.39 is 0 Å². The van der Waals surface area contributed by atoms with Gasteiger partial charge in [0.15, 0.2) is 0 Å². The van der Waals surface area contributed by atoms with Crippen LogP contribution in [0.15, 0.2) is 16.6 Å². The van der Waals surface area contributed by atoms with Gasteiger partial charge in [-0.15, -0.1) is 0 Å². The van der Waals surface area contributed by atoms with E-state index in [-0.39, 0.29) is 5.82 Å². The fourth-order valence-electron chi connectivity index (χ4n) is 1.72. The average molecular weight is 244 g/mol. The molecule has 1 aromatic carbocycles. The van der Waals surface area contributed by atoms with Crippen molar-refractivity contribution in [3.63, 3.8) is 0 Å². The Morgan fingerprint density at radius 3 is 2.85 bits per heavy atom. The van der Waals surface area contributed by atoms with Gasteiger partial charge in [0.2, 0.25) is 0 Å². The van der Waals surface area contributed by atoms with Crippen molar-refractivity contribution in [2.45, 2.75) is 12.8 Å². The predicted octanol–water partition coefficient (Wildman–Crippen LogP) is 2.28. The minimum atomic E-state index is -0.0759. The van der Waals surface area contributed by atoms with Gasteiger partial charge in [0.05, 0.1) is 0 Å². The smallest absolute Gasteiger partial charge is 0.127 e. The molecule has 1 aliphatic rings. The molecule has 0 bridgehead atoms. The van der Waals surface area contributed by atoms with E-state index in [0.717, 1.165) is 41.5 Å². The summed E-state index contributed by atoms with van der Waals surface area (Å²) in [6, 6.07) is 3.57. The van der Waals surface area contributed by atoms with Crippen LogP contribution in [0.4, 0.5) is 4.39 Å². The molecular weight excluding hydrogens is 233 g/mol. The van der Waals surface area contributed by atoms with Crippen molar-refractivity contribution in [1.29, 1.82) is 0 Å². The third-order valence-corrected chi connectivity index (χ3v) is 2.83. The van der Waals surface area contributed by atoms with Gasteiger partial charge in [-0.05, 0) is 49.2 Å². The lowest BCUT2D eigenvalue weighted by Crippen LogP contribution is -2.16. The number of benzene rings is 1. The summed E-state index contributed by atoms with van der Waals surface area (Å²) in [4.78, 5) is 0. The lowest BCUT2D eigenvalue weighted by Gasteiger charge is -2.06. The predicted molar refractivity (Wildman–Crippen MR) is 54.4 cm³/mol. The number of halogens is 2. The molecule has 1 heterocycles. The monoisotopic (exact) mass is 243 g/mol. The highest BCUT2D eigenvalue weighted by Crippen LogP contribution is 2.22. The van der Waals surface area contributed by atoms with Gasteiger partial charge in [0, 0.05) is 4.47 Å². The summed E-state index contributed by atoms with van der Waals surface area (Å²) in [6.07, 6.45) is 1.72. The highest BCUT2D eigenvalue weighted by atomic mass is 79.9. The topological polar surface area (TPSA) is 12.0 Å². The summed E-state index contributed by atoms with van der Waals surface area (Å²) in [7, 11) is 0. The third kappa shape index (κ3) is 1.92. The van der Waals surface area contributed by atoms with Crippen molar-refractivity contribution in [3.05, 3.63) is 33.5 Å². The minimum absolute atomic E-state index is 0.0759. The van der Waals surface area contributed by atoms with Gasteiger partial charge in [-0.1, -0.05) is 15.9 Å². The molecule has 13 heavy (non-hydrogen) atoms. The molecule has 0 amide bonds. The van der Waals surface area contributed by atoms with Crippen molar-refractivity contribution in [2.75, 3.05) is 13.1 Å². The average Bonchev–Trinajstić information content (AvgIpc) is 2.28. The second-order valence-corrected chi connectivity index (χ2v) is 4.19. The molecule has 1 N–H and O–H groups in total. The van der Waals surface area contributed by atoms with Crippen LogP contribution in [0, 0.1) is 5.82 Å². The van der Waals surface area contributed by atoms with Crippen LogP contribution in [-0.2, 0) is 12.8 Å². The molecule has 0 radical (unpaired) electrons. The fourth-order valence-corrected chi connectivity index (χ4v) is 2.20. The van der Waals surface area contributed by atoms with Crippen LogP contribution in [0.3, 0.4) is 0 Å². The Bertz CT molecular complexity index is 325. The Morgan fingerprint density at radius 1 is 1.23 bits per heavy atom. The first-order chi connectivity index (χ1) is 6.27. The molecule has 0 saturated heterocycles. The first-order valence-corrected chi connectivity index (χ1v) is 5.24. The molecule has 1 aliphatic heterocycles. The number of hydrogen-bond donors (Lipinski definition) is 1. The van der Waals surface area contributed by atoms with E-state index in [1.807, 2.05) is 6.07 Å². The number of hydrogen-bond acceptors (Lipinski definition) is 1. The van der Waals surface area contributed by atoms with E-state index in [1.54, 1.807) is 6.07 Å². The van der Waals surface area contributed by atoms with Crippen molar-refractivity contribution in [3.8, 4) is 0 Å². The van der Waals surface area contributed by atoms with Crippen LogP contribution < -0.4 is 5.32 Å². The quantitative estimate of drug-likeness (QED) is 0.738. The lowest BCUT2D eigenvalue weighted by molar-refractivity contribution is 0.605. The standard InChI is InChI=1S/C10H11BrFN/c11-8-5-7-1-3-13-4-2-9(7)10(12)6-8/h5-6,13H,1-4H2. The lowest BCUT2D eigenvalue weighted by atomic mass is 10.0. The third-order valence-electron chi connectivity index (χ3n) is 2.38. The first-order valence-electron chi connectivity index (χ1n) is 4.45. The van der Waals surface area contributed by atoms with Crippen LogP contribution in [0.25, 0.3) is 0 Å². The van der Waals surface area contributed by atoms with Crippen molar-refractivity contribution in [1.82, 2.24) is 5.32 Å². The van der Waals surface area contributed by atoms with Crippen molar-refractivity contribution in [2.24, 2.45) is 0 Å². The van der Waals surface area contributed by atoms with E-state index in [0.29, 0.717) is 0 Å². The zero-order valence-electron chi connectivity index (χ0n) is 7.24. The first kappa shape index (κ1) is 9.16. The molecular formula is C10H11BrFN. The summed E-state index contributed by atoms with van der Waals surface area (Å²) < 4.78 is 14.3.